The normalized spacial score (nSPS) is 20.0. The number of piperidine rings is 1. The lowest BCUT2D eigenvalue weighted by atomic mass is 9.93. The van der Waals surface area contributed by atoms with Crippen molar-refractivity contribution in [3.05, 3.63) is 29.3 Å². The van der Waals surface area contributed by atoms with Gasteiger partial charge in [-0.25, -0.2) is 0 Å². The number of anilines is 1. The largest absolute Gasteiger partial charge is 0.360 e. The summed E-state index contributed by atoms with van der Waals surface area (Å²) in [5.74, 6) is 1.52. The summed E-state index contributed by atoms with van der Waals surface area (Å²) in [6.45, 7) is 7.65. The molecule has 0 aliphatic carbocycles. The SMILES string of the molecule is CC[C@@H](C(=O)Nc1cc(C)on1)N1CCC[C@H](c2cc(C)[nH]n2)C1. The maximum atomic E-state index is 12.6. The van der Waals surface area contributed by atoms with E-state index in [1.165, 1.54) is 0 Å². The Morgan fingerprint density at radius 2 is 2.33 bits per heavy atom. The van der Waals surface area contributed by atoms with Gasteiger partial charge in [-0.3, -0.25) is 14.8 Å². The number of hydrogen-bond acceptors (Lipinski definition) is 5. The summed E-state index contributed by atoms with van der Waals surface area (Å²) in [7, 11) is 0. The standard InChI is InChI=1S/C17H25N5O2/c1-4-15(17(23)18-16-9-12(3)24-21-16)22-7-5-6-13(10-22)14-8-11(2)19-20-14/h8-9,13,15H,4-7,10H2,1-3H3,(H,19,20)(H,18,21,23)/t13-,15-/m0/s1. The summed E-state index contributed by atoms with van der Waals surface area (Å²) in [6.07, 6.45) is 2.94. The first-order valence-electron chi connectivity index (χ1n) is 8.57. The fourth-order valence-corrected chi connectivity index (χ4v) is 3.42. The van der Waals surface area contributed by atoms with E-state index in [9.17, 15) is 4.79 Å². The van der Waals surface area contributed by atoms with Crippen molar-refractivity contribution in [2.75, 3.05) is 18.4 Å². The first-order chi connectivity index (χ1) is 11.6. The zero-order valence-corrected chi connectivity index (χ0v) is 14.5. The van der Waals surface area contributed by atoms with Crippen LogP contribution in [0.15, 0.2) is 16.7 Å². The van der Waals surface area contributed by atoms with E-state index < -0.39 is 0 Å². The van der Waals surface area contributed by atoms with Crippen LogP contribution in [0.3, 0.4) is 0 Å². The molecule has 0 aromatic carbocycles. The lowest BCUT2D eigenvalue weighted by molar-refractivity contribution is -0.122. The molecule has 1 saturated heterocycles. The molecule has 130 valence electrons. The van der Waals surface area contributed by atoms with Gasteiger partial charge in [0.05, 0.1) is 11.7 Å². The molecule has 2 aromatic heterocycles. The van der Waals surface area contributed by atoms with Crippen LogP contribution in [-0.4, -0.2) is 45.3 Å². The lowest BCUT2D eigenvalue weighted by Gasteiger charge is -2.36. The molecule has 7 heteroatoms. The summed E-state index contributed by atoms with van der Waals surface area (Å²) in [6, 6.07) is 3.67. The van der Waals surface area contributed by atoms with Crippen LogP contribution in [0, 0.1) is 13.8 Å². The van der Waals surface area contributed by atoms with E-state index in [4.69, 9.17) is 4.52 Å². The van der Waals surface area contributed by atoms with Crippen molar-refractivity contribution >= 4 is 11.7 Å². The molecule has 0 radical (unpaired) electrons. The van der Waals surface area contributed by atoms with E-state index in [0.717, 1.165) is 43.7 Å². The molecule has 1 fully saturated rings. The van der Waals surface area contributed by atoms with E-state index >= 15 is 0 Å². The van der Waals surface area contributed by atoms with Gasteiger partial charge in [0.2, 0.25) is 5.91 Å². The average Bonchev–Trinajstić information content (AvgIpc) is 3.17. The second-order valence-electron chi connectivity index (χ2n) is 6.55. The highest BCUT2D eigenvalue weighted by molar-refractivity contribution is 5.94. The van der Waals surface area contributed by atoms with Gasteiger partial charge in [-0.1, -0.05) is 12.1 Å². The Kier molecular flexibility index (Phi) is 4.99. The zero-order valence-electron chi connectivity index (χ0n) is 14.5. The Hall–Kier alpha value is -2.15. The number of likely N-dealkylation sites (tertiary alicyclic amines) is 1. The molecular weight excluding hydrogens is 306 g/mol. The molecule has 0 bridgehead atoms. The third-order valence-electron chi connectivity index (χ3n) is 4.61. The first kappa shape index (κ1) is 16.7. The molecule has 2 N–H and O–H groups in total. The molecule has 2 aromatic rings. The van der Waals surface area contributed by atoms with Gasteiger partial charge in [0, 0.05) is 24.2 Å². The number of nitrogens with zero attached hydrogens (tertiary/aromatic N) is 3. The van der Waals surface area contributed by atoms with Crippen molar-refractivity contribution in [2.24, 2.45) is 0 Å². The maximum Gasteiger partial charge on any atom is 0.242 e. The maximum absolute atomic E-state index is 12.6. The highest BCUT2D eigenvalue weighted by Gasteiger charge is 2.31. The first-order valence-corrected chi connectivity index (χ1v) is 8.57. The highest BCUT2D eigenvalue weighted by atomic mass is 16.5. The van der Waals surface area contributed by atoms with Crippen molar-refractivity contribution in [1.29, 1.82) is 0 Å². The van der Waals surface area contributed by atoms with E-state index in [0.29, 0.717) is 17.5 Å². The Bertz CT molecular complexity index is 693. The molecule has 1 aliphatic heterocycles. The number of carbonyl (C=O) groups is 1. The van der Waals surface area contributed by atoms with Crippen molar-refractivity contribution in [2.45, 2.75) is 52.0 Å². The van der Waals surface area contributed by atoms with Crippen LogP contribution in [0.4, 0.5) is 5.82 Å². The van der Waals surface area contributed by atoms with Crippen molar-refractivity contribution in [3.63, 3.8) is 0 Å². The molecule has 7 nitrogen and oxygen atoms in total. The van der Waals surface area contributed by atoms with Crippen LogP contribution in [0.2, 0.25) is 0 Å². The van der Waals surface area contributed by atoms with Crippen LogP contribution in [0.1, 0.15) is 49.3 Å². The lowest BCUT2D eigenvalue weighted by Crippen LogP contribution is -2.48. The Morgan fingerprint density at radius 1 is 1.50 bits per heavy atom. The number of aryl methyl sites for hydroxylation is 2. The smallest absolute Gasteiger partial charge is 0.242 e. The quantitative estimate of drug-likeness (QED) is 0.879. The minimum absolute atomic E-state index is 0.0235. The second-order valence-corrected chi connectivity index (χ2v) is 6.55. The van der Waals surface area contributed by atoms with Gasteiger partial charge in [0.15, 0.2) is 5.82 Å². The average molecular weight is 331 g/mol. The number of carbonyl (C=O) groups excluding carboxylic acids is 1. The molecule has 3 rings (SSSR count). The van der Waals surface area contributed by atoms with Gasteiger partial charge < -0.3 is 9.84 Å². The minimum Gasteiger partial charge on any atom is -0.360 e. The van der Waals surface area contributed by atoms with Gasteiger partial charge in [0.1, 0.15) is 5.76 Å². The fourth-order valence-electron chi connectivity index (χ4n) is 3.42. The van der Waals surface area contributed by atoms with Crippen LogP contribution in [0.5, 0.6) is 0 Å². The Balaban J connectivity index is 1.66. The third kappa shape index (κ3) is 3.67. The Morgan fingerprint density at radius 3 is 2.96 bits per heavy atom. The van der Waals surface area contributed by atoms with Crippen LogP contribution in [-0.2, 0) is 4.79 Å². The zero-order chi connectivity index (χ0) is 17.1. The number of hydrogen-bond donors (Lipinski definition) is 2. The molecule has 3 heterocycles. The number of aromatic nitrogens is 3. The molecule has 0 unspecified atom stereocenters. The predicted octanol–water partition coefficient (Wildman–Crippen LogP) is 2.61. The molecule has 1 aliphatic rings. The molecule has 24 heavy (non-hydrogen) atoms. The summed E-state index contributed by atoms with van der Waals surface area (Å²) >= 11 is 0. The van der Waals surface area contributed by atoms with Gasteiger partial charge in [-0.15, -0.1) is 0 Å². The number of H-pyrrole nitrogens is 1. The Labute approximate surface area is 141 Å². The molecule has 0 saturated carbocycles. The number of rotatable bonds is 5. The molecule has 0 spiro atoms. The van der Waals surface area contributed by atoms with E-state index in [1.54, 1.807) is 13.0 Å². The van der Waals surface area contributed by atoms with Crippen LogP contribution >= 0.6 is 0 Å². The fraction of sp³-hybridized carbons (Fsp3) is 0.588. The second kappa shape index (κ2) is 7.17. The number of nitrogens with one attached hydrogen (secondary N) is 2. The topological polar surface area (TPSA) is 87.0 Å². The molecule has 1 amide bonds. The van der Waals surface area contributed by atoms with Crippen molar-refractivity contribution in [3.8, 4) is 0 Å². The summed E-state index contributed by atoms with van der Waals surface area (Å²) in [5, 5.41) is 14.1. The summed E-state index contributed by atoms with van der Waals surface area (Å²) < 4.78 is 5.01. The van der Waals surface area contributed by atoms with Gasteiger partial charge >= 0.3 is 0 Å². The predicted molar refractivity (Wildman–Crippen MR) is 90.8 cm³/mol. The summed E-state index contributed by atoms with van der Waals surface area (Å²) in [4.78, 5) is 14.9. The van der Waals surface area contributed by atoms with E-state index in [1.807, 2.05) is 13.8 Å². The highest BCUT2D eigenvalue weighted by Crippen LogP contribution is 2.28. The van der Waals surface area contributed by atoms with Gasteiger partial charge in [-0.2, -0.15) is 5.10 Å². The van der Waals surface area contributed by atoms with Gasteiger partial charge in [0.25, 0.3) is 0 Å². The van der Waals surface area contributed by atoms with Crippen LogP contribution in [0.25, 0.3) is 0 Å². The molecule has 2 atom stereocenters. The van der Waals surface area contributed by atoms with E-state index in [-0.39, 0.29) is 11.9 Å². The van der Waals surface area contributed by atoms with Crippen LogP contribution < -0.4 is 5.32 Å². The van der Waals surface area contributed by atoms with Gasteiger partial charge in [-0.05, 0) is 45.7 Å². The van der Waals surface area contributed by atoms with E-state index in [2.05, 4.69) is 31.6 Å². The number of amides is 1. The summed E-state index contributed by atoms with van der Waals surface area (Å²) in [5.41, 5.74) is 2.17. The minimum atomic E-state index is -0.162. The van der Waals surface area contributed by atoms with Crippen molar-refractivity contribution in [1.82, 2.24) is 20.3 Å². The third-order valence-corrected chi connectivity index (χ3v) is 4.61. The van der Waals surface area contributed by atoms with Crippen molar-refractivity contribution < 1.29 is 9.32 Å². The monoisotopic (exact) mass is 331 g/mol. The molecular formula is C17H25N5O2. The number of aromatic amines is 1.